The summed E-state index contributed by atoms with van der Waals surface area (Å²) in [5, 5.41) is 18.6. The topological polar surface area (TPSA) is 70.0 Å². The zero-order valence-corrected chi connectivity index (χ0v) is 11.3. The van der Waals surface area contributed by atoms with Gasteiger partial charge in [0.1, 0.15) is 11.6 Å². The van der Waals surface area contributed by atoms with Crippen LogP contribution < -0.4 is 0 Å². The maximum Gasteiger partial charge on any atom is 0.306 e. The van der Waals surface area contributed by atoms with Crippen LogP contribution in [0.3, 0.4) is 0 Å². The van der Waals surface area contributed by atoms with Gasteiger partial charge in [0, 0.05) is 30.8 Å². The number of benzene rings is 1. The number of aliphatic carboxylic acids is 1. The average Bonchev–Trinajstić information content (AvgIpc) is 2.37. The van der Waals surface area contributed by atoms with E-state index < -0.39 is 11.8 Å². The number of carboxylic acid groups (broad SMARTS) is 1. The van der Waals surface area contributed by atoms with E-state index in [1.54, 1.807) is 6.07 Å². The Balaban J connectivity index is 2.08. The van der Waals surface area contributed by atoms with Crippen molar-refractivity contribution < 1.29 is 24.1 Å². The lowest BCUT2D eigenvalue weighted by atomic mass is 10.0. The van der Waals surface area contributed by atoms with Crippen LogP contribution in [0.4, 0.5) is 4.39 Å². The third kappa shape index (κ3) is 3.46. The Hall–Kier alpha value is -1.66. The summed E-state index contributed by atoms with van der Waals surface area (Å²) in [7, 11) is 0. The number of morpholine rings is 1. The highest BCUT2D eigenvalue weighted by Crippen LogP contribution is 2.30. The number of carbonyl (C=O) groups is 1. The van der Waals surface area contributed by atoms with Crippen molar-refractivity contribution in [3.05, 3.63) is 29.6 Å². The van der Waals surface area contributed by atoms with Gasteiger partial charge in [0.05, 0.1) is 19.1 Å². The molecule has 5 nitrogen and oxygen atoms in total. The van der Waals surface area contributed by atoms with Gasteiger partial charge in [-0.1, -0.05) is 6.07 Å². The van der Waals surface area contributed by atoms with E-state index in [4.69, 9.17) is 9.84 Å². The molecule has 6 heteroatoms. The maximum absolute atomic E-state index is 13.0. The van der Waals surface area contributed by atoms with Crippen molar-refractivity contribution in [2.24, 2.45) is 0 Å². The van der Waals surface area contributed by atoms with Crippen LogP contribution in [0.2, 0.25) is 0 Å². The van der Waals surface area contributed by atoms with Crippen LogP contribution >= 0.6 is 0 Å². The van der Waals surface area contributed by atoms with Gasteiger partial charge in [0.2, 0.25) is 0 Å². The highest BCUT2D eigenvalue weighted by Gasteiger charge is 2.27. The molecule has 0 amide bonds. The van der Waals surface area contributed by atoms with Crippen LogP contribution in [0, 0.1) is 5.82 Å². The Bertz CT molecular complexity index is 494. The molecule has 0 spiro atoms. The zero-order valence-electron chi connectivity index (χ0n) is 11.3. The molecule has 0 saturated carbocycles. The van der Waals surface area contributed by atoms with Crippen molar-refractivity contribution >= 4 is 5.97 Å². The summed E-state index contributed by atoms with van der Waals surface area (Å²) in [5.74, 6) is -1.46. The van der Waals surface area contributed by atoms with Crippen molar-refractivity contribution in [3.63, 3.8) is 0 Å². The Morgan fingerprint density at radius 1 is 1.60 bits per heavy atom. The molecule has 0 aliphatic carbocycles. The lowest BCUT2D eigenvalue weighted by molar-refractivity contribution is -0.142. The first-order valence-electron chi connectivity index (χ1n) is 6.53. The molecule has 20 heavy (non-hydrogen) atoms. The molecule has 1 aliphatic heterocycles. The molecule has 1 aromatic rings. The molecule has 1 heterocycles. The van der Waals surface area contributed by atoms with E-state index in [1.165, 1.54) is 6.07 Å². The molecular weight excluding hydrogens is 265 g/mol. The molecular formula is C14H18FNO4. The number of nitrogens with zero attached hydrogens (tertiary/aromatic N) is 1. The van der Waals surface area contributed by atoms with E-state index in [0.29, 0.717) is 25.3 Å². The van der Waals surface area contributed by atoms with Crippen molar-refractivity contribution in [2.45, 2.75) is 25.5 Å². The number of carboxylic acids is 1. The molecule has 2 rings (SSSR count). The zero-order chi connectivity index (χ0) is 14.7. The van der Waals surface area contributed by atoms with Crippen LogP contribution in [0.25, 0.3) is 0 Å². The summed E-state index contributed by atoms with van der Waals surface area (Å²) < 4.78 is 18.4. The lowest BCUT2D eigenvalue weighted by Gasteiger charge is -2.36. The summed E-state index contributed by atoms with van der Waals surface area (Å²) in [6.45, 7) is 3.47. The minimum Gasteiger partial charge on any atom is -0.508 e. The average molecular weight is 283 g/mol. The van der Waals surface area contributed by atoms with E-state index in [-0.39, 0.29) is 24.3 Å². The Morgan fingerprint density at radius 3 is 3.00 bits per heavy atom. The molecule has 110 valence electrons. The van der Waals surface area contributed by atoms with Crippen LogP contribution in [-0.2, 0) is 9.53 Å². The number of ether oxygens (including phenoxy) is 1. The van der Waals surface area contributed by atoms with Gasteiger partial charge >= 0.3 is 5.97 Å². The molecule has 2 N–H and O–H groups in total. The van der Waals surface area contributed by atoms with Gasteiger partial charge in [-0.25, -0.2) is 4.39 Å². The van der Waals surface area contributed by atoms with E-state index in [0.717, 1.165) is 6.07 Å². The Morgan fingerprint density at radius 2 is 2.35 bits per heavy atom. The first kappa shape index (κ1) is 14.7. The summed E-state index contributed by atoms with van der Waals surface area (Å²) in [4.78, 5) is 12.8. The fourth-order valence-corrected chi connectivity index (χ4v) is 2.48. The van der Waals surface area contributed by atoms with Gasteiger partial charge in [-0.05, 0) is 13.0 Å². The largest absolute Gasteiger partial charge is 0.508 e. The normalized spacial score (nSPS) is 21.6. The predicted molar refractivity (Wildman–Crippen MR) is 70.0 cm³/mol. The van der Waals surface area contributed by atoms with E-state index in [9.17, 15) is 14.3 Å². The first-order valence-corrected chi connectivity index (χ1v) is 6.53. The van der Waals surface area contributed by atoms with Crippen molar-refractivity contribution in [2.75, 3.05) is 19.7 Å². The molecule has 0 aromatic heterocycles. The number of aromatic hydroxyl groups is 1. The van der Waals surface area contributed by atoms with Crippen molar-refractivity contribution in [1.82, 2.24) is 4.90 Å². The molecule has 2 atom stereocenters. The molecule has 1 fully saturated rings. The van der Waals surface area contributed by atoms with Crippen LogP contribution in [-0.4, -0.2) is 46.9 Å². The van der Waals surface area contributed by atoms with Crippen molar-refractivity contribution in [1.29, 1.82) is 0 Å². The third-order valence-corrected chi connectivity index (χ3v) is 3.56. The smallest absolute Gasteiger partial charge is 0.306 e. The summed E-state index contributed by atoms with van der Waals surface area (Å²) in [5.41, 5.74) is 0.627. The van der Waals surface area contributed by atoms with Crippen LogP contribution in [0.1, 0.15) is 24.9 Å². The Kier molecular flexibility index (Phi) is 4.57. The number of halogens is 1. The quantitative estimate of drug-likeness (QED) is 0.881. The highest BCUT2D eigenvalue weighted by molar-refractivity contribution is 5.67. The molecule has 0 radical (unpaired) electrons. The first-order chi connectivity index (χ1) is 9.47. The lowest BCUT2D eigenvalue weighted by Crippen LogP contribution is -2.44. The SMILES string of the molecule is CC(c1ccc(F)cc1O)N1CCOC(CC(=O)O)C1. The number of hydrogen-bond donors (Lipinski definition) is 2. The van der Waals surface area contributed by atoms with E-state index in [1.807, 2.05) is 11.8 Å². The fraction of sp³-hybridized carbons (Fsp3) is 0.500. The predicted octanol–water partition coefficient (Wildman–Crippen LogP) is 1.77. The van der Waals surface area contributed by atoms with E-state index in [2.05, 4.69) is 0 Å². The molecule has 1 aliphatic rings. The molecule has 1 aromatic carbocycles. The summed E-state index contributed by atoms with van der Waals surface area (Å²) in [6, 6.07) is 3.81. The molecule has 2 unspecified atom stereocenters. The monoisotopic (exact) mass is 283 g/mol. The number of phenolic OH excluding ortho intramolecular Hbond substituents is 1. The second kappa shape index (κ2) is 6.19. The maximum atomic E-state index is 13.0. The number of phenols is 1. The molecule has 1 saturated heterocycles. The van der Waals surface area contributed by atoms with Gasteiger partial charge in [-0.3, -0.25) is 9.69 Å². The minimum absolute atomic E-state index is 0.0430. The highest BCUT2D eigenvalue weighted by atomic mass is 19.1. The molecule has 0 bridgehead atoms. The third-order valence-electron chi connectivity index (χ3n) is 3.56. The second-order valence-electron chi connectivity index (χ2n) is 4.96. The van der Waals surface area contributed by atoms with Gasteiger partial charge in [-0.2, -0.15) is 0 Å². The van der Waals surface area contributed by atoms with Crippen LogP contribution in [0.5, 0.6) is 5.75 Å². The standard InChI is InChI=1S/C14H18FNO4/c1-9(12-3-2-10(15)6-13(12)17)16-4-5-20-11(8-16)7-14(18)19/h2-3,6,9,11,17H,4-5,7-8H2,1H3,(H,18,19). The number of rotatable bonds is 4. The van der Waals surface area contributed by atoms with Gasteiger partial charge in [-0.15, -0.1) is 0 Å². The minimum atomic E-state index is -0.894. The second-order valence-corrected chi connectivity index (χ2v) is 4.96. The Labute approximate surface area is 116 Å². The van der Waals surface area contributed by atoms with Crippen LogP contribution in [0.15, 0.2) is 18.2 Å². The summed E-state index contributed by atoms with van der Waals surface area (Å²) in [6.07, 6.45) is -0.398. The van der Waals surface area contributed by atoms with Gasteiger partial charge in [0.25, 0.3) is 0 Å². The van der Waals surface area contributed by atoms with Gasteiger partial charge in [0.15, 0.2) is 0 Å². The number of hydrogen-bond acceptors (Lipinski definition) is 4. The summed E-state index contributed by atoms with van der Waals surface area (Å²) >= 11 is 0. The van der Waals surface area contributed by atoms with Crippen molar-refractivity contribution in [3.8, 4) is 5.75 Å². The fourth-order valence-electron chi connectivity index (χ4n) is 2.48. The van der Waals surface area contributed by atoms with Gasteiger partial charge < -0.3 is 14.9 Å². The van der Waals surface area contributed by atoms with E-state index >= 15 is 0 Å².